The molecule has 0 atom stereocenters. The van der Waals surface area contributed by atoms with E-state index >= 15 is 0 Å². The van der Waals surface area contributed by atoms with Gasteiger partial charge in [0, 0.05) is 18.1 Å². The van der Waals surface area contributed by atoms with E-state index in [4.69, 9.17) is 5.73 Å². The minimum absolute atomic E-state index is 0.116. The molecule has 1 saturated heterocycles. The Morgan fingerprint density at radius 2 is 1.69 bits per heavy atom. The number of aliphatic imine (C=N–C) groups is 1. The summed E-state index contributed by atoms with van der Waals surface area (Å²) < 4.78 is 0. The molecule has 0 spiro atoms. The van der Waals surface area contributed by atoms with Crippen LogP contribution in [0.1, 0.15) is 72.1 Å². The van der Waals surface area contributed by atoms with E-state index in [1.165, 1.54) is 38.5 Å². The fraction of sp³-hybridized carbons (Fsp3) is 0.900. The number of piperidine rings is 1. The Balaban J connectivity index is 1.65. The molecule has 1 heterocycles. The maximum atomic E-state index is 12.0. The Morgan fingerprint density at radius 3 is 2.27 bits per heavy atom. The molecule has 150 valence electrons. The van der Waals surface area contributed by atoms with E-state index in [2.05, 4.69) is 20.5 Å². The molecule has 1 aliphatic carbocycles. The van der Waals surface area contributed by atoms with Gasteiger partial charge in [0.2, 0.25) is 5.91 Å². The molecule has 6 nitrogen and oxygen atoms in total. The molecule has 0 bridgehead atoms. The van der Waals surface area contributed by atoms with E-state index < -0.39 is 0 Å². The number of nitrogens with one attached hydrogen (secondary N) is 2. The summed E-state index contributed by atoms with van der Waals surface area (Å²) in [5, 5.41) is 6.45. The first-order valence-electron chi connectivity index (χ1n) is 10.4. The highest BCUT2D eigenvalue weighted by atomic mass is 16.2. The van der Waals surface area contributed by atoms with E-state index in [0.717, 1.165) is 32.5 Å². The lowest BCUT2D eigenvalue weighted by Crippen LogP contribution is -2.47. The largest absolute Gasteiger partial charge is 0.370 e. The third-order valence-corrected chi connectivity index (χ3v) is 5.32. The van der Waals surface area contributed by atoms with Gasteiger partial charge in [0.15, 0.2) is 5.96 Å². The normalized spacial score (nSPS) is 22.0. The zero-order valence-corrected chi connectivity index (χ0v) is 17.0. The molecule has 0 aromatic carbocycles. The van der Waals surface area contributed by atoms with E-state index in [-0.39, 0.29) is 11.4 Å². The molecule has 1 aliphatic heterocycles. The summed E-state index contributed by atoms with van der Waals surface area (Å²) in [5.41, 5.74) is 5.94. The Hall–Kier alpha value is -1.30. The van der Waals surface area contributed by atoms with Crippen LogP contribution in [-0.4, -0.2) is 54.5 Å². The van der Waals surface area contributed by atoms with Gasteiger partial charge < -0.3 is 16.4 Å². The van der Waals surface area contributed by atoms with Gasteiger partial charge in [0.25, 0.3) is 0 Å². The van der Waals surface area contributed by atoms with Gasteiger partial charge in [-0.25, -0.2) is 0 Å². The summed E-state index contributed by atoms with van der Waals surface area (Å²) in [6, 6.07) is 0.504. The number of carbonyl (C=O) groups is 1. The van der Waals surface area contributed by atoms with Crippen LogP contribution in [0.15, 0.2) is 4.99 Å². The van der Waals surface area contributed by atoms with Crippen LogP contribution in [-0.2, 0) is 4.79 Å². The summed E-state index contributed by atoms with van der Waals surface area (Å²) in [7, 11) is 0. The first-order chi connectivity index (χ1) is 12.3. The van der Waals surface area contributed by atoms with E-state index in [1.54, 1.807) is 0 Å². The number of amides is 1. The number of rotatable bonds is 5. The van der Waals surface area contributed by atoms with Gasteiger partial charge in [-0.1, -0.05) is 25.7 Å². The fourth-order valence-electron chi connectivity index (χ4n) is 3.89. The molecule has 6 heteroatoms. The van der Waals surface area contributed by atoms with Crippen molar-refractivity contribution in [2.75, 3.05) is 26.2 Å². The second kappa shape index (κ2) is 10.1. The average molecular weight is 366 g/mol. The van der Waals surface area contributed by atoms with Crippen molar-refractivity contribution in [2.45, 2.75) is 83.7 Å². The smallest absolute Gasteiger partial charge is 0.234 e. The van der Waals surface area contributed by atoms with Crippen molar-refractivity contribution in [1.82, 2.24) is 15.5 Å². The molecule has 0 aromatic heterocycles. The molecule has 26 heavy (non-hydrogen) atoms. The monoisotopic (exact) mass is 365 g/mol. The second-order valence-electron chi connectivity index (χ2n) is 9.08. The van der Waals surface area contributed by atoms with Crippen molar-refractivity contribution in [2.24, 2.45) is 16.6 Å². The SMILES string of the molecule is CC(C)(C)NC(=O)CN1CCC(CN=C(N)NC2CCCCCC2)CC1. The Bertz CT molecular complexity index is 455. The Kier molecular flexibility index (Phi) is 8.19. The molecule has 0 unspecified atom stereocenters. The molecule has 2 fully saturated rings. The number of nitrogens with zero attached hydrogens (tertiary/aromatic N) is 2. The highest BCUT2D eigenvalue weighted by Gasteiger charge is 2.22. The minimum atomic E-state index is -0.161. The summed E-state index contributed by atoms with van der Waals surface area (Å²) >= 11 is 0. The first kappa shape index (κ1) is 21.0. The molecule has 2 rings (SSSR count). The predicted molar refractivity (Wildman–Crippen MR) is 108 cm³/mol. The Morgan fingerprint density at radius 1 is 1.08 bits per heavy atom. The third kappa shape index (κ3) is 8.39. The second-order valence-corrected chi connectivity index (χ2v) is 9.08. The zero-order chi connectivity index (χ0) is 19.0. The van der Waals surface area contributed by atoms with Crippen LogP contribution in [0.4, 0.5) is 0 Å². The lowest BCUT2D eigenvalue weighted by molar-refractivity contribution is -0.124. The van der Waals surface area contributed by atoms with Crippen LogP contribution in [0.25, 0.3) is 0 Å². The quantitative estimate of drug-likeness (QED) is 0.396. The van der Waals surface area contributed by atoms with Crippen LogP contribution in [0.2, 0.25) is 0 Å². The number of nitrogens with two attached hydrogens (primary N) is 1. The van der Waals surface area contributed by atoms with Crippen molar-refractivity contribution >= 4 is 11.9 Å². The van der Waals surface area contributed by atoms with Crippen LogP contribution in [0.3, 0.4) is 0 Å². The maximum absolute atomic E-state index is 12.0. The van der Waals surface area contributed by atoms with Crippen LogP contribution < -0.4 is 16.4 Å². The average Bonchev–Trinajstić information content (AvgIpc) is 2.81. The van der Waals surface area contributed by atoms with E-state index in [9.17, 15) is 4.79 Å². The van der Waals surface area contributed by atoms with Gasteiger partial charge in [-0.05, 0) is 65.5 Å². The molecule has 4 N–H and O–H groups in total. The van der Waals surface area contributed by atoms with E-state index in [1.807, 2.05) is 20.8 Å². The summed E-state index contributed by atoms with van der Waals surface area (Å²) in [4.78, 5) is 18.9. The third-order valence-electron chi connectivity index (χ3n) is 5.32. The van der Waals surface area contributed by atoms with Crippen molar-refractivity contribution in [3.8, 4) is 0 Å². The van der Waals surface area contributed by atoms with Crippen molar-refractivity contribution in [1.29, 1.82) is 0 Å². The molecule has 1 amide bonds. The first-order valence-corrected chi connectivity index (χ1v) is 10.4. The van der Waals surface area contributed by atoms with Crippen LogP contribution in [0.5, 0.6) is 0 Å². The number of carbonyl (C=O) groups excluding carboxylic acids is 1. The Labute approximate surface area is 159 Å². The number of guanidine groups is 1. The van der Waals surface area contributed by atoms with Gasteiger partial charge in [-0.15, -0.1) is 0 Å². The van der Waals surface area contributed by atoms with Crippen molar-refractivity contribution in [3.05, 3.63) is 0 Å². The van der Waals surface area contributed by atoms with Crippen molar-refractivity contribution < 1.29 is 4.79 Å². The van der Waals surface area contributed by atoms with Crippen LogP contribution in [0, 0.1) is 5.92 Å². The zero-order valence-electron chi connectivity index (χ0n) is 17.0. The van der Waals surface area contributed by atoms with E-state index in [0.29, 0.717) is 24.5 Å². The number of likely N-dealkylation sites (tertiary alicyclic amines) is 1. The number of hydrogen-bond donors (Lipinski definition) is 3. The molecular weight excluding hydrogens is 326 g/mol. The molecule has 1 saturated carbocycles. The van der Waals surface area contributed by atoms with Gasteiger partial charge in [-0.3, -0.25) is 14.7 Å². The lowest BCUT2D eigenvalue weighted by atomic mass is 9.97. The summed E-state index contributed by atoms with van der Waals surface area (Å²) in [6.07, 6.45) is 9.89. The van der Waals surface area contributed by atoms with Gasteiger partial charge in [0.1, 0.15) is 0 Å². The molecular formula is C20H39N5O. The van der Waals surface area contributed by atoms with Crippen LogP contribution >= 0.6 is 0 Å². The summed E-state index contributed by atoms with van der Waals surface area (Å²) in [5.74, 6) is 1.31. The van der Waals surface area contributed by atoms with Gasteiger partial charge in [-0.2, -0.15) is 0 Å². The fourth-order valence-corrected chi connectivity index (χ4v) is 3.89. The lowest BCUT2D eigenvalue weighted by Gasteiger charge is -2.31. The minimum Gasteiger partial charge on any atom is -0.370 e. The van der Waals surface area contributed by atoms with Gasteiger partial charge in [0.05, 0.1) is 6.54 Å². The standard InChI is InChI=1S/C20H39N5O/c1-20(2,3)24-18(26)15-25-12-10-16(11-13-25)14-22-19(21)23-17-8-6-4-5-7-9-17/h16-17H,4-15H2,1-3H3,(H,24,26)(H3,21,22,23). The maximum Gasteiger partial charge on any atom is 0.234 e. The summed E-state index contributed by atoms with van der Waals surface area (Å²) in [6.45, 7) is 9.28. The molecule has 2 aliphatic rings. The van der Waals surface area contributed by atoms with Crippen molar-refractivity contribution in [3.63, 3.8) is 0 Å². The highest BCUT2D eigenvalue weighted by Crippen LogP contribution is 2.18. The molecule has 0 aromatic rings. The predicted octanol–water partition coefficient (Wildman–Crippen LogP) is 2.24. The number of hydrogen-bond acceptors (Lipinski definition) is 3. The topological polar surface area (TPSA) is 82.8 Å². The highest BCUT2D eigenvalue weighted by molar-refractivity contribution is 5.79. The molecule has 0 radical (unpaired) electrons. The van der Waals surface area contributed by atoms with Gasteiger partial charge >= 0.3 is 0 Å².